The average Bonchev–Trinajstić information content (AvgIpc) is 2.39. The van der Waals surface area contributed by atoms with Gasteiger partial charge in [-0.3, -0.25) is 14.5 Å². The smallest absolute Gasteiger partial charge is 0.256 e. The molecule has 1 fully saturated rings. The van der Waals surface area contributed by atoms with Gasteiger partial charge in [0.2, 0.25) is 0 Å². The standard InChI is InChI=1S/C13H16N2O3/c1-13(9-14,10-5-3-2-4-6-10)15-11(16)7-18-8-12(15)17/h2-6H,7-9,14H2,1H3. The van der Waals surface area contributed by atoms with Gasteiger partial charge in [-0.15, -0.1) is 0 Å². The maximum Gasteiger partial charge on any atom is 0.256 e. The largest absolute Gasteiger partial charge is 0.362 e. The van der Waals surface area contributed by atoms with Crippen LogP contribution in [0.15, 0.2) is 30.3 Å². The fourth-order valence-electron chi connectivity index (χ4n) is 2.18. The van der Waals surface area contributed by atoms with Crippen molar-refractivity contribution in [3.05, 3.63) is 35.9 Å². The van der Waals surface area contributed by atoms with Gasteiger partial charge in [0.25, 0.3) is 11.8 Å². The first-order chi connectivity index (χ1) is 8.59. The molecule has 2 N–H and O–H groups in total. The summed E-state index contributed by atoms with van der Waals surface area (Å²) in [7, 11) is 0. The van der Waals surface area contributed by atoms with E-state index >= 15 is 0 Å². The highest BCUT2D eigenvalue weighted by atomic mass is 16.5. The highest BCUT2D eigenvalue weighted by Gasteiger charge is 2.42. The molecule has 2 rings (SSSR count). The van der Waals surface area contributed by atoms with Crippen LogP contribution in [0.5, 0.6) is 0 Å². The van der Waals surface area contributed by atoms with Crippen molar-refractivity contribution >= 4 is 11.8 Å². The Hall–Kier alpha value is -1.72. The summed E-state index contributed by atoms with van der Waals surface area (Å²) in [4.78, 5) is 25.0. The van der Waals surface area contributed by atoms with Crippen molar-refractivity contribution in [2.24, 2.45) is 5.73 Å². The topological polar surface area (TPSA) is 72.6 Å². The third-order valence-corrected chi connectivity index (χ3v) is 3.24. The van der Waals surface area contributed by atoms with Crippen LogP contribution in [0.4, 0.5) is 0 Å². The van der Waals surface area contributed by atoms with Crippen LogP contribution in [-0.4, -0.2) is 36.5 Å². The van der Waals surface area contributed by atoms with Crippen molar-refractivity contribution in [2.75, 3.05) is 19.8 Å². The maximum absolute atomic E-state index is 11.9. The molecule has 1 aliphatic rings. The van der Waals surface area contributed by atoms with Crippen molar-refractivity contribution in [1.29, 1.82) is 0 Å². The first-order valence-corrected chi connectivity index (χ1v) is 5.79. The number of amides is 2. The highest BCUT2D eigenvalue weighted by molar-refractivity contribution is 5.99. The first-order valence-electron chi connectivity index (χ1n) is 5.79. The minimum atomic E-state index is -0.820. The third-order valence-electron chi connectivity index (χ3n) is 3.24. The molecule has 2 amide bonds. The molecule has 0 saturated carbocycles. The number of benzene rings is 1. The number of carbonyl (C=O) groups excluding carboxylic acids is 2. The zero-order valence-electron chi connectivity index (χ0n) is 10.3. The molecule has 5 nitrogen and oxygen atoms in total. The summed E-state index contributed by atoms with van der Waals surface area (Å²) in [6.07, 6.45) is 0. The van der Waals surface area contributed by atoms with Gasteiger partial charge in [0.05, 0.1) is 5.54 Å². The fraction of sp³-hybridized carbons (Fsp3) is 0.385. The average molecular weight is 248 g/mol. The number of carbonyl (C=O) groups is 2. The highest BCUT2D eigenvalue weighted by Crippen LogP contribution is 2.28. The lowest BCUT2D eigenvalue weighted by molar-refractivity contribution is -0.166. The lowest BCUT2D eigenvalue weighted by atomic mass is 9.89. The van der Waals surface area contributed by atoms with Crippen molar-refractivity contribution < 1.29 is 14.3 Å². The van der Waals surface area contributed by atoms with Crippen LogP contribution in [0.1, 0.15) is 12.5 Å². The van der Waals surface area contributed by atoms with Crippen LogP contribution < -0.4 is 5.73 Å². The van der Waals surface area contributed by atoms with E-state index in [-0.39, 0.29) is 31.6 Å². The molecule has 1 saturated heterocycles. The van der Waals surface area contributed by atoms with Crippen molar-refractivity contribution in [3.63, 3.8) is 0 Å². The lowest BCUT2D eigenvalue weighted by Crippen LogP contribution is -2.59. The fourth-order valence-corrected chi connectivity index (χ4v) is 2.18. The van der Waals surface area contributed by atoms with E-state index in [4.69, 9.17) is 10.5 Å². The Morgan fingerprint density at radius 2 is 1.78 bits per heavy atom. The molecule has 1 unspecified atom stereocenters. The van der Waals surface area contributed by atoms with Crippen LogP contribution in [0.25, 0.3) is 0 Å². The van der Waals surface area contributed by atoms with E-state index < -0.39 is 5.54 Å². The normalized spacial score (nSPS) is 19.8. The number of morpholine rings is 1. The Bertz CT molecular complexity index is 445. The van der Waals surface area contributed by atoms with E-state index in [0.717, 1.165) is 5.56 Å². The Morgan fingerprint density at radius 3 is 2.28 bits per heavy atom. The molecule has 0 radical (unpaired) electrons. The van der Waals surface area contributed by atoms with Crippen LogP contribution in [0, 0.1) is 0 Å². The number of imide groups is 1. The van der Waals surface area contributed by atoms with E-state index in [1.807, 2.05) is 30.3 Å². The molecule has 1 aromatic carbocycles. The van der Waals surface area contributed by atoms with Gasteiger partial charge in [-0.1, -0.05) is 30.3 Å². The summed E-state index contributed by atoms with van der Waals surface area (Å²) < 4.78 is 4.92. The van der Waals surface area contributed by atoms with E-state index in [2.05, 4.69) is 0 Å². The Balaban J connectivity index is 2.43. The molecule has 5 heteroatoms. The summed E-state index contributed by atoms with van der Waals surface area (Å²) in [6, 6.07) is 9.33. The monoisotopic (exact) mass is 248 g/mol. The van der Waals surface area contributed by atoms with Crippen LogP contribution in [-0.2, 0) is 19.9 Å². The van der Waals surface area contributed by atoms with Crippen LogP contribution >= 0.6 is 0 Å². The van der Waals surface area contributed by atoms with Gasteiger partial charge in [-0.2, -0.15) is 0 Å². The van der Waals surface area contributed by atoms with Crippen LogP contribution in [0.3, 0.4) is 0 Å². The van der Waals surface area contributed by atoms with Crippen molar-refractivity contribution in [1.82, 2.24) is 4.90 Å². The Morgan fingerprint density at radius 1 is 1.22 bits per heavy atom. The molecule has 0 bridgehead atoms. The molecular formula is C13H16N2O3. The quantitative estimate of drug-likeness (QED) is 0.778. The second kappa shape index (κ2) is 4.88. The zero-order chi connectivity index (χ0) is 13.2. The molecule has 0 aromatic heterocycles. The summed E-state index contributed by atoms with van der Waals surface area (Å²) in [5, 5.41) is 0. The lowest BCUT2D eigenvalue weighted by Gasteiger charge is -2.41. The van der Waals surface area contributed by atoms with Crippen molar-refractivity contribution in [3.8, 4) is 0 Å². The first kappa shape index (κ1) is 12.7. The predicted molar refractivity (Wildman–Crippen MR) is 65.5 cm³/mol. The molecule has 0 spiro atoms. The Kier molecular flexibility index (Phi) is 3.45. The second-order valence-corrected chi connectivity index (χ2v) is 4.46. The van der Waals surface area contributed by atoms with E-state index in [0.29, 0.717) is 0 Å². The van der Waals surface area contributed by atoms with Gasteiger partial charge < -0.3 is 10.5 Å². The van der Waals surface area contributed by atoms with Crippen LogP contribution in [0.2, 0.25) is 0 Å². The number of ether oxygens (including phenoxy) is 1. The number of rotatable bonds is 3. The SMILES string of the molecule is CC(CN)(c1ccccc1)N1C(=O)COCC1=O. The van der Waals surface area contributed by atoms with Gasteiger partial charge in [-0.05, 0) is 12.5 Å². The molecule has 1 heterocycles. The molecule has 1 aliphatic heterocycles. The predicted octanol–water partition coefficient (Wildman–Crippen LogP) is 0.246. The summed E-state index contributed by atoms with van der Waals surface area (Å²) in [6.45, 7) is 1.82. The molecular weight excluding hydrogens is 232 g/mol. The maximum atomic E-state index is 11.9. The molecule has 1 aromatic rings. The molecule has 0 aliphatic carbocycles. The van der Waals surface area contributed by atoms with E-state index in [9.17, 15) is 9.59 Å². The van der Waals surface area contributed by atoms with Gasteiger partial charge >= 0.3 is 0 Å². The third kappa shape index (κ3) is 2.02. The summed E-state index contributed by atoms with van der Waals surface area (Å²) >= 11 is 0. The Labute approximate surface area is 106 Å². The van der Waals surface area contributed by atoms with Gasteiger partial charge in [0, 0.05) is 6.54 Å². The number of nitrogens with zero attached hydrogens (tertiary/aromatic N) is 1. The molecule has 96 valence electrons. The van der Waals surface area contributed by atoms with E-state index in [1.165, 1.54) is 4.90 Å². The second-order valence-electron chi connectivity index (χ2n) is 4.46. The van der Waals surface area contributed by atoms with Gasteiger partial charge in [0.15, 0.2) is 0 Å². The van der Waals surface area contributed by atoms with Gasteiger partial charge in [0.1, 0.15) is 13.2 Å². The minimum absolute atomic E-state index is 0.0752. The zero-order valence-corrected chi connectivity index (χ0v) is 10.3. The van der Waals surface area contributed by atoms with E-state index in [1.54, 1.807) is 6.92 Å². The number of hydrogen-bond donors (Lipinski definition) is 1. The van der Waals surface area contributed by atoms with Gasteiger partial charge in [-0.25, -0.2) is 0 Å². The summed E-state index contributed by atoms with van der Waals surface area (Å²) in [5.74, 6) is -0.689. The minimum Gasteiger partial charge on any atom is -0.362 e. The molecule has 18 heavy (non-hydrogen) atoms. The summed E-state index contributed by atoms with van der Waals surface area (Å²) in [5.41, 5.74) is 5.83. The number of nitrogens with two attached hydrogens (primary N) is 1. The van der Waals surface area contributed by atoms with Crippen molar-refractivity contribution in [2.45, 2.75) is 12.5 Å². The molecule has 1 atom stereocenters. The number of hydrogen-bond acceptors (Lipinski definition) is 4.